The Kier molecular flexibility index (Phi) is 1.68. The largest absolute Gasteiger partial charge is 0.434 e. The summed E-state index contributed by atoms with van der Waals surface area (Å²) in [5.41, 5.74) is -0.859. The van der Waals surface area contributed by atoms with Gasteiger partial charge in [-0.15, -0.1) is 11.3 Å². The maximum Gasteiger partial charge on any atom is 0.434 e. The lowest BCUT2D eigenvalue weighted by Crippen LogP contribution is -2.04. The van der Waals surface area contributed by atoms with Crippen LogP contribution in [0.1, 0.15) is 10.7 Å². The highest BCUT2D eigenvalue weighted by atomic mass is 32.1. The van der Waals surface area contributed by atoms with Gasteiger partial charge >= 0.3 is 6.18 Å². The molecule has 0 bridgehead atoms. The van der Waals surface area contributed by atoms with Crippen molar-refractivity contribution in [2.75, 3.05) is 0 Å². The fourth-order valence-corrected chi connectivity index (χ4v) is 1.03. The first kappa shape index (κ1) is 7.53. The first-order chi connectivity index (χ1) is 4.50. The molecule has 0 amide bonds. The highest BCUT2D eigenvalue weighted by molar-refractivity contribution is 7.09. The molecule has 0 fully saturated rings. The predicted molar refractivity (Wildman–Crippen MR) is 31.6 cm³/mol. The molecule has 1 aromatic rings. The van der Waals surface area contributed by atoms with Crippen LogP contribution in [0.3, 0.4) is 0 Å². The number of thiazole rings is 1. The Morgan fingerprint density at radius 1 is 1.50 bits per heavy atom. The van der Waals surface area contributed by atoms with Gasteiger partial charge in [0.2, 0.25) is 0 Å². The lowest BCUT2D eigenvalue weighted by atomic mass is 10.5. The van der Waals surface area contributed by atoms with E-state index in [0.29, 0.717) is 0 Å². The molecule has 1 heterocycles. The van der Waals surface area contributed by atoms with E-state index >= 15 is 0 Å². The van der Waals surface area contributed by atoms with Crippen LogP contribution in [0.25, 0.3) is 0 Å². The summed E-state index contributed by atoms with van der Waals surface area (Å²) in [6, 6.07) is 0. The van der Waals surface area contributed by atoms with Crippen molar-refractivity contribution in [1.82, 2.24) is 4.98 Å². The summed E-state index contributed by atoms with van der Waals surface area (Å²) < 4.78 is 35.2. The van der Waals surface area contributed by atoms with Gasteiger partial charge in [-0.2, -0.15) is 13.2 Å². The van der Waals surface area contributed by atoms with Crippen LogP contribution in [-0.4, -0.2) is 4.98 Å². The number of hydrogen-bond donors (Lipinski definition) is 0. The molecule has 10 heavy (non-hydrogen) atoms. The van der Waals surface area contributed by atoms with Crippen molar-refractivity contribution in [1.29, 1.82) is 0 Å². The third-order valence-corrected chi connectivity index (χ3v) is 1.55. The SMILES string of the molecule is [CH2]c1nc(C(F)(F)F)cs1. The zero-order valence-electron chi connectivity index (χ0n) is 4.77. The predicted octanol–water partition coefficient (Wildman–Crippen LogP) is 2.34. The van der Waals surface area contributed by atoms with E-state index in [1.54, 1.807) is 0 Å². The van der Waals surface area contributed by atoms with Gasteiger partial charge < -0.3 is 0 Å². The quantitative estimate of drug-likeness (QED) is 0.576. The van der Waals surface area contributed by atoms with Crippen LogP contribution in [0.4, 0.5) is 13.2 Å². The molecule has 55 valence electrons. The normalized spacial score (nSPS) is 12.0. The maximum atomic E-state index is 11.7. The van der Waals surface area contributed by atoms with Gasteiger partial charge in [-0.05, 0) is 0 Å². The molecule has 5 heteroatoms. The molecule has 0 N–H and O–H groups in total. The van der Waals surface area contributed by atoms with Crippen molar-refractivity contribution in [2.45, 2.75) is 6.18 Å². The topological polar surface area (TPSA) is 12.9 Å². The van der Waals surface area contributed by atoms with E-state index in [2.05, 4.69) is 11.9 Å². The summed E-state index contributed by atoms with van der Waals surface area (Å²) in [6.07, 6.45) is -4.33. The molecule has 0 spiro atoms. The number of alkyl halides is 3. The first-order valence-electron chi connectivity index (χ1n) is 2.35. The van der Waals surface area contributed by atoms with E-state index in [1.807, 2.05) is 0 Å². The molecule has 0 saturated carbocycles. The second-order valence-electron chi connectivity index (χ2n) is 1.62. The van der Waals surface area contributed by atoms with Gasteiger partial charge in [0, 0.05) is 12.3 Å². The number of halogens is 3. The second kappa shape index (κ2) is 2.23. The lowest BCUT2D eigenvalue weighted by molar-refractivity contribution is -0.140. The molecule has 0 aliphatic heterocycles. The third-order valence-electron chi connectivity index (χ3n) is 0.842. The van der Waals surface area contributed by atoms with E-state index in [0.717, 1.165) is 16.7 Å². The molecule has 0 aliphatic carbocycles. The zero-order valence-corrected chi connectivity index (χ0v) is 5.59. The van der Waals surface area contributed by atoms with Gasteiger partial charge in [0.1, 0.15) is 0 Å². The summed E-state index contributed by atoms with van der Waals surface area (Å²) in [7, 11) is 0. The molecule has 0 unspecified atom stereocenters. The molecule has 0 aliphatic rings. The highest BCUT2D eigenvalue weighted by Gasteiger charge is 2.33. The Labute approximate surface area is 59.5 Å². The first-order valence-corrected chi connectivity index (χ1v) is 3.23. The minimum atomic E-state index is -4.33. The minimum Gasteiger partial charge on any atom is -0.237 e. The molecule has 1 rings (SSSR count). The molecule has 0 aromatic carbocycles. The Bertz CT molecular complexity index is 227. The number of hydrogen-bond acceptors (Lipinski definition) is 2. The van der Waals surface area contributed by atoms with Crippen molar-refractivity contribution in [3.05, 3.63) is 23.0 Å². The maximum absolute atomic E-state index is 11.7. The van der Waals surface area contributed by atoms with Crippen molar-refractivity contribution in [2.24, 2.45) is 0 Å². The number of nitrogens with zero attached hydrogens (tertiary/aromatic N) is 1. The molecule has 1 radical (unpaired) electrons. The van der Waals surface area contributed by atoms with E-state index in [9.17, 15) is 13.2 Å². The van der Waals surface area contributed by atoms with E-state index in [4.69, 9.17) is 0 Å². The fraction of sp³-hybridized carbons (Fsp3) is 0.200. The summed E-state index contributed by atoms with van der Waals surface area (Å²) in [5.74, 6) is 0. The molecule has 1 aromatic heterocycles. The smallest absolute Gasteiger partial charge is 0.237 e. The Morgan fingerprint density at radius 2 is 2.10 bits per heavy atom. The summed E-state index contributed by atoms with van der Waals surface area (Å²) >= 11 is 0.889. The van der Waals surface area contributed by atoms with Crippen molar-refractivity contribution < 1.29 is 13.2 Å². The van der Waals surface area contributed by atoms with Crippen LogP contribution in [0.5, 0.6) is 0 Å². The van der Waals surface area contributed by atoms with E-state index in [-0.39, 0.29) is 5.01 Å². The van der Waals surface area contributed by atoms with Gasteiger partial charge in [-0.1, -0.05) is 0 Å². The Balaban J connectivity index is 2.96. The monoisotopic (exact) mass is 166 g/mol. The number of aromatic nitrogens is 1. The van der Waals surface area contributed by atoms with Crippen LogP contribution in [0.15, 0.2) is 5.38 Å². The van der Waals surface area contributed by atoms with Gasteiger partial charge in [0.05, 0.1) is 5.01 Å². The van der Waals surface area contributed by atoms with Crippen molar-refractivity contribution in [3.63, 3.8) is 0 Å². The standard InChI is InChI=1S/C5H3F3NS/c1-3-9-4(2-10-3)5(6,7)8/h2H,1H2. The molecule has 1 nitrogen and oxygen atoms in total. The van der Waals surface area contributed by atoms with Gasteiger partial charge in [0.15, 0.2) is 5.69 Å². The molecule has 0 atom stereocenters. The van der Waals surface area contributed by atoms with Crippen LogP contribution >= 0.6 is 11.3 Å². The summed E-state index contributed by atoms with van der Waals surface area (Å²) in [5, 5.41) is 1.13. The van der Waals surface area contributed by atoms with Gasteiger partial charge in [0.25, 0.3) is 0 Å². The van der Waals surface area contributed by atoms with Crippen LogP contribution in [0.2, 0.25) is 0 Å². The van der Waals surface area contributed by atoms with Gasteiger partial charge in [-0.3, -0.25) is 0 Å². The molecular formula is C5H3F3NS. The summed E-state index contributed by atoms with van der Waals surface area (Å²) in [4.78, 5) is 3.16. The minimum absolute atomic E-state index is 0.187. The Hall–Kier alpha value is -0.580. The highest BCUT2D eigenvalue weighted by Crippen LogP contribution is 2.29. The van der Waals surface area contributed by atoms with Crippen molar-refractivity contribution >= 4 is 11.3 Å². The fourth-order valence-electron chi connectivity index (χ4n) is 0.441. The number of rotatable bonds is 0. The van der Waals surface area contributed by atoms with Crippen LogP contribution < -0.4 is 0 Å². The van der Waals surface area contributed by atoms with E-state index < -0.39 is 11.9 Å². The Morgan fingerprint density at radius 3 is 2.30 bits per heavy atom. The molecule has 0 saturated heterocycles. The van der Waals surface area contributed by atoms with E-state index in [1.165, 1.54) is 0 Å². The third kappa shape index (κ3) is 1.47. The summed E-state index contributed by atoms with van der Waals surface area (Å²) in [6.45, 7) is 3.26. The van der Waals surface area contributed by atoms with Crippen LogP contribution in [0, 0.1) is 6.92 Å². The lowest BCUT2D eigenvalue weighted by Gasteiger charge is -1.98. The average Bonchev–Trinajstić information content (AvgIpc) is 2.11. The molecular weight excluding hydrogens is 163 g/mol. The van der Waals surface area contributed by atoms with Crippen molar-refractivity contribution in [3.8, 4) is 0 Å². The average molecular weight is 166 g/mol. The second-order valence-corrected chi connectivity index (χ2v) is 2.57. The van der Waals surface area contributed by atoms with Gasteiger partial charge in [-0.25, -0.2) is 4.98 Å². The zero-order chi connectivity index (χ0) is 7.78. The van der Waals surface area contributed by atoms with Crippen LogP contribution in [-0.2, 0) is 6.18 Å².